The number of hydrogen-bond acceptors (Lipinski definition) is 4. The number of nitrogens with zero attached hydrogens (tertiary/aromatic N) is 2. The molecule has 2 aromatic heterocycles. The minimum Gasteiger partial charge on any atom is -0.476 e. The van der Waals surface area contributed by atoms with Gasteiger partial charge in [-0.05, 0) is 18.2 Å². The molecule has 0 amide bonds. The number of nitrogens with one attached hydrogen (secondary N) is 1. The van der Waals surface area contributed by atoms with Crippen molar-refractivity contribution in [3.63, 3.8) is 0 Å². The van der Waals surface area contributed by atoms with Crippen molar-refractivity contribution >= 4 is 43.5 Å². The Bertz CT molecular complexity index is 750. The highest BCUT2D eigenvalue weighted by Crippen LogP contribution is 2.31. The van der Waals surface area contributed by atoms with Crippen molar-refractivity contribution < 1.29 is 9.90 Å². The maximum absolute atomic E-state index is 11.0. The number of carbonyl (C=O) groups is 1. The summed E-state index contributed by atoms with van der Waals surface area (Å²) in [6, 6.07) is 5.76. The van der Waals surface area contributed by atoms with Gasteiger partial charge in [0.15, 0.2) is 5.69 Å². The molecule has 3 rings (SSSR count). The summed E-state index contributed by atoms with van der Waals surface area (Å²) in [6.07, 6.45) is 1.36. The van der Waals surface area contributed by atoms with Gasteiger partial charge in [0.05, 0.1) is 16.5 Å². The number of carboxylic acid groups (broad SMARTS) is 1. The third kappa shape index (κ3) is 1.81. The summed E-state index contributed by atoms with van der Waals surface area (Å²) >= 11 is 4.81. The second-order valence-corrected chi connectivity index (χ2v) is 5.51. The van der Waals surface area contributed by atoms with Crippen LogP contribution >= 0.6 is 27.3 Å². The summed E-state index contributed by atoms with van der Waals surface area (Å²) in [7, 11) is 0. The van der Waals surface area contributed by atoms with E-state index in [2.05, 4.69) is 30.9 Å². The fourth-order valence-electron chi connectivity index (χ4n) is 1.63. The third-order valence-electron chi connectivity index (χ3n) is 2.41. The number of aromatic carboxylic acids is 1. The standard InChI is InChI=1S/C11H6BrN3O2S/c12-5-1-2-7-6(3-5)15-10(18-7)8-9(11(16)17)14-4-13-8/h1-4H,(H,13,14)(H,16,17). The minimum atomic E-state index is -1.06. The van der Waals surface area contributed by atoms with Crippen molar-refractivity contribution in [1.82, 2.24) is 15.0 Å². The lowest BCUT2D eigenvalue weighted by Gasteiger charge is -1.92. The zero-order valence-corrected chi connectivity index (χ0v) is 11.2. The monoisotopic (exact) mass is 323 g/mol. The second-order valence-electron chi connectivity index (χ2n) is 3.56. The average Bonchev–Trinajstić information content (AvgIpc) is 2.93. The molecule has 0 aliphatic carbocycles. The number of H-pyrrole nitrogens is 1. The fraction of sp³-hybridized carbons (Fsp3) is 0. The Kier molecular flexibility index (Phi) is 2.64. The molecular weight excluding hydrogens is 318 g/mol. The minimum absolute atomic E-state index is 0.00637. The van der Waals surface area contributed by atoms with E-state index >= 15 is 0 Å². The quantitative estimate of drug-likeness (QED) is 0.759. The lowest BCUT2D eigenvalue weighted by molar-refractivity contribution is 0.0692. The first-order valence-corrected chi connectivity index (χ1v) is 6.59. The molecule has 0 unspecified atom stereocenters. The number of aromatic amines is 1. The maximum Gasteiger partial charge on any atom is 0.356 e. The number of halogens is 1. The number of carboxylic acids is 1. The molecule has 7 heteroatoms. The molecule has 3 aromatic rings. The molecule has 0 radical (unpaired) electrons. The van der Waals surface area contributed by atoms with Gasteiger partial charge >= 0.3 is 5.97 Å². The summed E-state index contributed by atoms with van der Waals surface area (Å²) < 4.78 is 1.94. The van der Waals surface area contributed by atoms with Crippen LogP contribution in [0.25, 0.3) is 20.9 Å². The highest BCUT2D eigenvalue weighted by molar-refractivity contribution is 9.10. The fourth-order valence-corrected chi connectivity index (χ4v) is 2.93. The first-order chi connectivity index (χ1) is 8.65. The van der Waals surface area contributed by atoms with Crippen molar-refractivity contribution in [3.8, 4) is 10.7 Å². The van der Waals surface area contributed by atoms with Crippen LogP contribution < -0.4 is 0 Å². The topological polar surface area (TPSA) is 78.9 Å². The molecule has 0 spiro atoms. The lowest BCUT2D eigenvalue weighted by Crippen LogP contribution is -1.98. The van der Waals surface area contributed by atoms with Crippen molar-refractivity contribution in [2.45, 2.75) is 0 Å². The summed E-state index contributed by atoms with van der Waals surface area (Å²) in [6.45, 7) is 0. The van der Waals surface area contributed by atoms with Crippen LogP contribution in [0.4, 0.5) is 0 Å². The second kappa shape index (κ2) is 4.18. The first kappa shape index (κ1) is 11.4. The van der Waals surface area contributed by atoms with Gasteiger partial charge in [-0.2, -0.15) is 0 Å². The molecule has 0 fully saturated rings. The SMILES string of the molecule is O=C(O)c1nc[nH]c1-c1nc2cc(Br)ccc2s1. The number of fused-ring (bicyclic) bond motifs is 1. The van der Waals surface area contributed by atoms with Gasteiger partial charge < -0.3 is 10.1 Å². The lowest BCUT2D eigenvalue weighted by atomic mass is 10.3. The molecule has 5 nitrogen and oxygen atoms in total. The van der Waals surface area contributed by atoms with E-state index in [0.29, 0.717) is 10.7 Å². The number of imidazole rings is 1. The van der Waals surface area contributed by atoms with Gasteiger partial charge in [-0.1, -0.05) is 15.9 Å². The first-order valence-electron chi connectivity index (χ1n) is 4.98. The number of benzene rings is 1. The van der Waals surface area contributed by atoms with E-state index in [1.165, 1.54) is 17.7 Å². The zero-order valence-electron chi connectivity index (χ0n) is 8.85. The third-order valence-corrected chi connectivity index (χ3v) is 3.95. The Morgan fingerprint density at radius 2 is 2.28 bits per heavy atom. The van der Waals surface area contributed by atoms with Crippen LogP contribution in [0.15, 0.2) is 29.0 Å². The van der Waals surface area contributed by atoms with E-state index in [1.54, 1.807) is 0 Å². The van der Waals surface area contributed by atoms with E-state index in [0.717, 1.165) is 14.7 Å². The van der Waals surface area contributed by atoms with Crippen molar-refractivity contribution in [2.24, 2.45) is 0 Å². The number of thiazole rings is 1. The molecule has 0 saturated carbocycles. The van der Waals surface area contributed by atoms with Gasteiger partial charge in [-0.3, -0.25) is 0 Å². The van der Waals surface area contributed by atoms with Crippen LogP contribution in [0.5, 0.6) is 0 Å². The van der Waals surface area contributed by atoms with Crippen LogP contribution in [-0.4, -0.2) is 26.0 Å². The summed E-state index contributed by atoms with van der Waals surface area (Å²) in [5.74, 6) is -1.06. The Labute approximate surface area is 114 Å². The molecule has 1 aromatic carbocycles. The van der Waals surface area contributed by atoms with Crippen LogP contribution in [0, 0.1) is 0 Å². The highest BCUT2D eigenvalue weighted by atomic mass is 79.9. The van der Waals surface area contributed by atoms with E-state index < -0.39 is 5.97 Å². The van der Waals surface area contributed by atoms with Crippen LogP contribution in [-0.2, 0) is 0 Å². The Balaban J connectivity index is 2.19. The van der Waals surface area contributed by atoms with Gasteiger partial charge in [-0.15, -0.1) is 11.3 Å². The summed E-state index contributed by atoms with van der Waals surface area (Å²) in [4.78, 5) is 22.0. The molecular formula is C11H6BrN3O2S. The molecule has 0 aliphatic heterocycles. The Morgan fingerprint density at radius 1 is 1.44 bits per heavy atom. The van der Waals surface area contributed by atoms with E-state index in [-0.39, 0.29) is 5.69 Å². The number of aromatic nitrogens is 3. The largest absolute Gasteiger partial charge is 0.476 e. The normalized spacial score (nSPS) is 10.9. The molecule has 0 aliphatic rings. The zero-order chi connectivity index (χ0) is 12.7. The Morgan fingerprint density at radius 3 is 3.06 bits per heavy atom. The molecule has 2 N–H and O–H groups in total. The smallest absolute Gasteiger partial charge is 0.356 e. The van der Waals surface area contributed by atoms with E-state index in [4.69, 9.17) is 5.11 Å². The molecule has 18 heavy (non-hydrogen) atoms. The Hall–Kier alpha value is -1.73. The van der Waals surface area contributed by atoms with Gasteiger partial charge in [0.2, 0.25) is 0 Å². The van der Waals surface area contributed by atoms with Gasteiger partial charge in [0.1, 0.15) is 10.7 Å². The average molecular weight is 324 g/mol. The van der Waals surface area contributed by atoms with Crippen LogP contribution in [0.3, 0.4) is 0 Å². The van der Waals surface area contributed by atoms with Crippen molar-refractivity contribution in [1.29, 1.82) is 0 Å². The van der Waals surface area contributed by atoms with E-state index in [1.807, 2.05) is 18.2 Å². The van der Waals surface area contributed by atoms with Gasteiger partial charge in [-0.25, -0.2) is 14.8 Å². The molecule has 2 heterocycles. The van der Waals surface area contributed by atoms with Crippen molar-refractivity contribution in [3.05, 3.63) is 34.7 Å². The van der Waals surface area contributed by atoms with Gasteiger partial charge in [0, 0.05) is 4.47 Å². The number of hydrogen-bond donors (Lipinski definition) is 2. The highest BCUT2D eigenvalue weighted by Gasteiger charge is 2.17. The van der Waals surface area contributed by atoms with Crippen LogP contribution in [0.1, 0.15) is 10.5 Å². The van der Waals surface area contributed by atoms with Gasteiger partial charge in [0.25, 0.3) is 0 Å². The van der Waals surface area contributed by atoms with E-state index in [9.17, 15) is 4.79 Å². The molecule has 0 saturated heterocycles. The molecule has 0 atom stereocenters. The number of rotatable bonds is 2. The summed E-state index contributed by atoms with van der Waals surface area (Å²) in [5, 5.41) is 9.64. The van der Waals surface area contributed by atoms with Crippen LogP contribution in [0.2, 0.25) is 0 Å². The van der Waals surface area contributed by atoms with Crippen molar-refractivity contribution in [2.75, 3.05) is 0 Å². The molecule has 90 valence electrons. The summed E-state index contributed by atoms with van der Waals surface area (Å²) in [5.41, 5.74) is 1.27. The maximum atomic E-state index is 11.0. The molecule has 0 bridgehead atoms. The predicted molar refractivity (Wildman–Crippen MR) is 71.9 cm³/mol. The predicted octanol–water partition coefficient (Wildman–Crippen LogP) is 3.15.